The van der Waals surface area contributed by atoms with Crippen LogP contribution in [0.3, 0.4) is 0 Å². The summed E-state index contributed by atoms with van der Waals surface area (Å²) in [6, 6.07) is 3.78. The van der Waals surface area contributed by atoms with Gasteiger partial charge in [-0.1, -0.05) is 0 Å². The van der Waals surface area contributed by atoms with Crippen LogP contribution in [0.25, 0.3) is 0 Å². The number of hydrogen-bond acceptors (Lipinski definition) is 2. The van der Waals surface area contributed by atoms with Gasteiger partial charge in [-0.3, -0.25) is 0 Å². The summed E-state index contributed by atoms with van der Waals surface area (Å²) >= 11 is 0. The molecule has 0 aromatic carbocycles. The standard InChI is InChI=1S/C8H12FNO/c1-7-2-3-8(11-7)6-10-5-4-9/h2-3,10H,4-6H2,1H3. The predicted octanol–water partition coefficient (Wildman–Crippen LogP) is 1.65. The van der Waals surface area contributed by atoms with Gasteiger partial charge in [0, 0.05) is 6.54 Å². The van der Waals surface area contributed by atoms with Gasteiger partial charge in [0.05, 0.1) is 6.54 Å². The molecule has 2 nitrogen and oxygen atoms in total. The smallest absolute Gasteiger partial charge is 0.117 e. The van der Waals surface area contributed by atoms with Crippen molar-refractivity contribution < 1.29 is 8.81 Å². The summed E-state index contributed by atoms with van der Waals surface area (Å²) in [4.78, 5) is 0. The Morgan fingerprint density at radius 3 is 2.91 bits per heavy atom. The van der Waals surface area contributed by atoms with E-state index in [0.717, 1.165) is 11.5 Å². The molecule has 0 saturated heterocycles. The lowest BCUT2D eigenvalue weighted by molar-refractivity contribution is 0.431. The van der Waals surface area contributed by atoms with Crippen LogP contribution in [-0.2, 0) is 6.54 Å². The second-order valence-corrected chi connectivity index (χ2v) is 2.38. The molecule has 0 saturated carbocycles. The van der Waals surface area contributed by atoms with E-state index >= 15 is 0 Å². The molecule has 1 aromatic heterocycles. The maximum absolute atomic E-state index is 11.6. The second-order valence-electron chi connectivity index (χ2n) is 2.38. The highest BCUT2D eigenvalue weighted by Crippen LogP contribution is 2.04. The fourth-order valence-electron chi connectivity index (χ4n) is 0.859. The van der Waals surface area contributed by atoms with Crippen molar-refractivity contribution in [3.63, 3.8) is 0 Å². The lowest BCUT2D eigenvalue weighted by Crippen LogP contribution is -2.15. The Kier molecular flexibility index (Phi) is 3.11. The molecule has 1 rings (SSSR count). The van der Waals surface area contributed by atoms with Gasteiger partial charge in [-0.15, -0.1) is 0 Å². The topological polar surface area (TPSA) is 25.2 Å². The lowest BCUT2D eigenvalue weighted by atomic mass is 10.4. The van der Waals surface area contributed by atoms with Crippen LogP contribution in [0.15, 0.2) is 16.5 Å². The highest BCUT2D eigenvalue weighted by Gasteiger charge is 1.95. The largest absolute Gasteiger partial charge is 0.465 e. The highest BCUT2D eigenvalue weighted by atomic mass is 19.1. The van der Waals surface area contributed by atoms with Gasteiger partial charge < -0.3 is 9.73 Å². The summed E-state index contributed by atoms with van der Waals surface area (Å²) in [6.07, 6.45) is 0. The monoisotopic (exact) mass is 157 g/mol. The Labute approximate surface area is 65.4 Å². The summed E-state index contributed by atoms with van der Waals surface area (Å²) in [7, 11) is 0. The molecule has 0 spiro atoms. The minimum Gasteiger partial charge on any atom is -0.465 e. The van der Waals surface area contributed by atoms with Crippen molar-refractivity contribution in [1.82, 2.24) is 5.32 Å². The fourth-order valence-corrected chi connectivity index (χ4v) is 0.859. The third-order valence-corrected chi connectivity index (χ3v) is 1.37. The van der Waals surface area contributed by atoms with Crippen molar-refractivity contribution in [3.8, 4) is 0 Å². The van der Waals surface area contributed by atoms with Crippen LogP contribution >= 0.6 is 0 Å². The van der Waals surface area contributed by atoms with Crippen LogP contribution in [0, 0.1) is 6.92 Å². The molecule has 1 heterocycles. The van der Waals surface area contributed by atoms with Crippen LogP contribution in [-0.4, -0.2) is 13.2 Å². The van der Waals surface area contributed by atoms with E-state index < -0.39 is 0 Å². The molecule has 0 radical (unpaired) electrons. The Morgan fingerprint density at radius 2 is 2.36 bits per heavy atom. The van der Waals surface area contributed by atoms with E-state index in [1.165, 1.54) is 0 Å². The molecule has 3 heteroatoms. The predicted molar refractivity (Wildman–Crippen MR) is 41.1 cm³/mol. The average molecular weight is 157 g/mol. The zero-order valence-electron chi connectivity index (χ0n) is 6.56. The summed E-state index contributed by atoms with van der Waals surface area (Å²) in [5, 5.41) is 2.90. The highest BCUT2D eigenvalue weighted by molar-refractivity contribution is 5.04. The van der Waals surface area contributed by atoms with E-state index in [1.54, 1.807) is 0 Å². The number of rotatable bonds is 4. The van der Waals surface area contributed by atoms with E-state index in [4.69, 9.17) is 4.42 Å². The zero-order chi connectivity index (χ0) is 8.10. The molecule has 0 amide bonds. The van der Waals surface area contributed by atoms with Crippen LogP contribution < -0.4 is 5.32 Å². The van der Waals surface area contributed by atoms with E-state index in [0.29, 0.717) is 13.1 Å². The van der Waals surface area contributed by atoms with Crippen LogP contribution in [0.2, 0.25) is 0 Å². The zero-order valence-corrected chi connectivity index (χ0v) is 6.56. The molecule has 11 heavy (non-hydrogen) atoms. The Morgan fingerprint density at radius 1 is 1.55 bits per heavy atom. The molecule has 0 fully saturated rings. The first-order chi connectivity index (χ1) is 5.33. The fraction of sp³-hybridized carbons (Fsp3) is 0.500. The van der Waals surface area contributed by atoms with Gasteiger partial charge in [-0.2, -0.15) is 0 Å². The minimum atomic E-state index is -0.334. The Hall–Kier alpha value is -0.830. The van der Waals surface area contributed by atoms with Crippen molar-refractivity contribution in [2.45, 2.75) is 13.5 Å². The normalized spacial score (nSPS) is 10.4. The Balaban J connectivity index is 2.27. The van der Waals surface area contributed by atoms with Crippen LogP contribution in [0.4, 0.5) is 4.39 Å². The first kappa shape index (κ1) is 8.27. The second kappa shape index (κ2) is 4.13. The molecule has 1 aromatic rings. The summed E-state index contributed by atoms with van der Waals surface area (Å²) in [6.45, 7) is 2.55. The minimum absolute atomic E-state index is 0.334. The maximum atomic E-state index is 11.6. The van der Waals surface area contributed by atoms with Gasteiger partial charge in [0.25, 0.3) is 0 Å². The summed E-state index contributed by atoms with van der Waals surface area (Å²) in [5.41, 5.74) is 0. The average Bonchev–Trinajstić information content (AvgIpc) is 2.37. The quantitative estimate of drug-likeness (QED) is 0.672. The van der Waals surface area contributed by atoms with Crippen LogP contribution in [0.1, 0.15) is 11.5 Å². The van der Waals surface area contributed by atoms with Gasteiger partial charge in [0.2, 0.25) is 0 Å². The van der Waals surface area contributed by atoms with Gasteiger partial charge in [0.15, 0.2) is 0 Å². The molecule has 1 N–H and O–H groups in total. The van der Waals surface area contributed by atoms with Crippen molar-refractivity contribution in [2.24, 2.45) is 0 Å². The molecule has 62 valence electrons. The molecule has 0 aliphatic carbocycles. The third-order valence-electron chi connectivity index (χ3n) is 1.37. The van der Waals surface area contributed by atoms with Gasteiger partial charge >= 0.3 is 0 Å². The summed E-state index contributed by atoms with van der Waals surface area (Å²) in [5.74, 6) is 1.75. The van der Waals surface area contributed by atoms with E-state index in [-0.39, 0.29) is 6.67 Å². The molecule has 0 bridgehead atoms. The van der Waals surface area contributed by atoms with Crippen molar-refractivity contribution >= 4 is 0 Å². The molecular formula is C8H12FNO. The summed E-state index contributed by atoms with van der Waals surface area (Å²) < 4.78 is 16.9. The van der Waals surface area contributed by atoms with Gasteiger partial charge in [-0.25, -0.2) is 4.39 Å². The molecule has 0 aliphatic rings. The number of halogens is 1. The van der Waals surface area contributed by atoms with Gasteiger partial charge in [0.1, 0.15) is 18.2 Å². The molecular weight excluding hydrogens is 145 g/mol. The first-order valence-corrected chi connectivity index (χ1v) is 3.65. The number of aryl methyl sites for hydroxylation is 1. The molecule has 0 atom stereocenters. The van der Waals surface area contributed by atoms with Gasteiger partial charge in [-0.05, 0) is 19.1 Å². The first-order valence-electron chi connectivity index (χ1n) is 3.65. The maximum Gasteiger partial charge on any atom is 0.117 e. The van der Waals surface area contributed by atoms with Crippen molar-refractivity contribution in [2.75, 3.05) is 13.2 Å². The number of furan rings is 1. The van der Waals surface area contributed by atoms with Crippen LogP contribution in [0.5, 0.6) is 0 Å². The van der Waals surface area contributed by atoms with Crippen molar-refractivity contribution in [1.29, 1.82) is 0 Å². The Bertz CT molecular complexity index is 210. The lowest BCUT2D eigenvalue weighted by Gasteiger charge is -1.96. The van der Waals surface area contributed by atoms with E-state index in [9.17, 15) is 4.39 Å². The number of nitrogens with one attached hydrogen (secondary N) is 1. The molecule has 0 aliphatic heterocycles. The number of alkyl halides is 1. The number of hydrogen-bond donors (Lipinski definition) is 1. The van der Waals surface area contributed by atoms with E-state index in [1.807, 2.05) is 19.1 Å². The van der Waals surface area contributed by atoms with E-state index in [2.05, 4.69) is 5.32 Å². The molecule has 0 unspecified atom stereocenters. The third kappa shape index (κ3) is 2.72. The van der Waals surface area contributed by atoms with Crippen molar-refractivity contribution in [3.05, 3.63) is 23.7 Å². The SMILES string of the molecule is Cc1ccc(CNCCF)o1.